The average molecular weight is 1010 g/mol. The number of aliphatic hydroxyl groups is 5. The number of hydrogen-bond acceptors (Lipinski definition) is 10. The van der Waals surface area contributed by atoms with Crippen LogP contribution in [0.25, 0.3) is 0 Å². The van der Waals surface area contributed by atoms with Gasteiger partial charge in [-0.3, -0.25) is 9.59 Å². The molecule has 72 heavy (non-hydrogen) atoms. The minimum absolute atomic E-state index is 0.0988. The van der Waals surface area contributed by atoms with Gasteiger partial charge in [0.1, 0.15) is 24.4 Å². The third-order valence-electron chi connectivity index (χ3n) is 12.8. The van der Waals surface area contributed by atoms with Gasteiger partial charge in [-0.25, -0.2) is 0 Å². The lowest BCUT2D eigenvalue weighted by atomic mass is 9.99. The van der Waals surface area contributed by atoms with Gasteiger partial charge in [0.05, 0.1) is 25.4 Å². The maximum atomic E-state index is 13.3. The summed E-state index contributed by atoms with van der Waals surface area (Å²) in [6.45, 7) is 5.57. The lowest BCUT2D eigenvalue weighted by Gasteiger charge is -2.41. The Labute approximate surface area is 437 Å². The molecule has 1 saturated heterocycles. The molecule has 412 valence electrons. The van der Waals surface area contributed by atoms with Gasteiger partial charge in [-0.1, -0.05) is 214 Å². The summed E-state index contributed by atoms with van der Waals surface area (Å²) in [6, 6.07) is -1.06. The van der Waals surface area contributed by atoms with Crippen LogP contribution in [0.1, 0.15) is 213 Å². The largest absolute Gasteiger partial charge is 0.454 e. The third kappa shape index (κ3) is 36.5. The fourth-order valence-corrected chi connectivity index (χ4v) is 8.20. The summed E-state index contributed by atoms with van der Waals surface area (Å²) < 4.78 is 17.5. The molecule has 1 aliphatic rings. The van der Waals surface area contributed by atoms with E-state index < -0.39 is 67.4 Å². The smallest absolute Gasteiger partial charge is 0.306 e. The van der Waals surface area contributed by atoms with Crippen LogP contribution < -0.4 is 5.32 Å². The van der Waals surface area contributed by atoms with Crippen molar-refractivity contribution in [3.8, 4) is 0 Å². The number of unbranched alkanes of at least 4 members (excludes halogenated alkanes) is 19. The molecule has 11 nitrogen and oxygen atoms in total. The lowest BCUT2D eigenvalue weighted by molar-refractivity contribution is -0.305. The standard InChI is InChI=1S/C61H103NO10/c1-4-7-10-13-16-19-22-25-27-29-30-33-36-39-42-45-48-54(65)60(69)62-52(53(64)47-44-41-38-35-32-24-21-18-15-12-9-6-3)51-70-61-59(58(68)57(67)55(50-63)71-61)72-56(66)49-46-43-40-37-34-31-28-26-23-20-17-14-11-8-5-2/h7,10,16-17,19-20,23,25-27,30,33,39,42,44,47,52-55,57-59,61,63-65,67-68H,4-6,8-9,11-15,18,21-22,24,28-29,31-32,34-38,40-41,43,45-46,48-51H2,1-3H3,(H,62,69)/b10-7-,19-16-,20-17+,26-23+,27-25-,33-30-,42-39-,47-44+. The van der Waals surface area contributed by atoms with Crippen molar-refractivity contribution in [1.29, 1.82) is 0 Å². The number of esters is 1. The summed E-state index contributed by atoms with van der Waals surface area (Å²) in [7, 11) is 0. The quantitative estimate of drug-likeness (QED) is 0.0149. The summed E-state index contributed by atoms with van der Waals surface area (Å²) in [5.74, 6) is -1.28. The molecule has 0 aliphatic carbocycles. The van der Waals surface area contributed by atoms with E-state index in [0.717, 1.165) is 103 Å². The van der Waals surface area contributed by atoms with Crippen LogP contribution in [0.4, 0.5) is 0 Å². The van der Waals surface area contributed by atoms with E-state index in [9.17, 15) is 35.1 Å². The van der Waals surface area contributed by atoms with Crippen molar-refractivity contribution in [2.45, 2.75) is 262 Å². The van der Waals surface area contributed by atoms with Gasteiger partial charge in [-0.15, -0.1) is 0 Å². The van der Waals surface area contributed by atoms with Crippen LogP contribution in [0.3, 0.4) is 0 Å². The molecule has 0 aromatic carbocycles. The average Bonchev–Trinajstić information content (AvgIpc) is 3.38. The van der Waals surface area contributed by atoms with Crippen LogP contribution in [0.15, 0.2) is 97.2 Å². The normalized spacial score (nSPS) is 20.2. The highest BCUT2D eigenvalue weighted by Crippen LogP contribution is 2.26. The summed E-state index contributed by atoms with van der Waals surface area (Å²) in [6.07, 6.45) is 53.1. The molecule has 11 heteroatoms. The maximum absolute atomic E-state index is 13.3. The zero-order valence-electron chi connectivity index (χ0n) is 45.3. The SMILES string of the molecule is CC/C=C\C/C=C\C/C=C\C/C=C\C/C=C\CCC(O)C(=O)NC(COC1OC(CO)C(O)C(O)C1OC(=O)CCCCCCCC/C=C/C=C/CCCCC)C(O)/C=C/CCCCCCCCCCCC. The van der Waals surface area contributed by atoms with Crippen LogP contribution in [-0.4, -0.2) is 99.6 Å². The molecule has 1 amide bonds. The molecule has 6 N–H and O–H groups in total. The molecule has 0 aromatic heterocycles. The predicted octanol–water partition coefficient (Wildman–Crippen LogP) is 12.8. The Morgan fingerprint density at radius 1 is 0.569 bits per heavy atom. The molecule has 1 heterocycles. The van der Waals surface area contributed by atoms with Gasteiger partial charge in [0.25, 0.3) is 0 Å². The lowest BCUT2D eigenvalue weighted by Crippen LogP contribution is -2.61. The van der Waals surface area contributed by atoms with Crippen molar-refractivity contribution in [3.05, 3.63) is 97.2 Å². The fourth-order valence-electron chi connectivity index (χ4n) is 8.20. The van der Waals surface area contributed by atoms with E-state index >= 15 is 0 Å². The molecular formula is C61H103NO10. The highest BCUT2D eigenvalue weighted by Gasteiger charge is 2.47. The number of rotatable bonds is 46. The van der Waals surface area contributed by atoms with E-state index in [-0.39, 0.29) is 19.4 Å². The Bertz CT molecular complexity index is 1530. The number of hydrogen-bond donors (Lipinski definition) is 6. The van der Waals surface area contributed by atoms with Crippen molar-refractivity contribution < 1.29 is 49.3 Å². The Morgan fingerprint density at radius 3 is 1.58 bits per heavy atom. The van der Waals surface area contributed by atoms with E-state index in [0.29, 0.717) is 12.8 Å². The van der Waals surface area contributed by atoms with Crippen LogP contribution in [0.5, 0.6) is 0 Å². The Morgan fingerprint density at radius 2 is 1.04 bits per heavy atom. The molecule has 0 aromatic rings. The first-order chi connectivity index (χ1) is 35.2. The first-order valence-corrected chi connectivity index (χ1v) is 28.5. The molecule has 0 radical (unpaired) electrons. The number of amides is 1. The first kappa shape index (κ1) is 66.6. The van der Waals surface area contributed by atoms with E-state index in [2.05, 4.69) is 99.0 Å². The highest BCUT2D eigenvalue weighted by atomic mass is 16.7. The van der Waals surface area contributed by atoms with Gasteiger partial charge in [-0.05, 0) is 89.9 Å². The second kappa shape index (κ2) is 48.5. The molecule has 0 saturated carbocycles. The molecule has 0 bridgehead atoms. The maximum Gasteiger partial charge on any atom is 0.306 e. The van der Waals surface area contributed by atoms with E-state index in [1.54, 1.807) is 6.08 Å². The zero-order valence-corrected chi connectivity index (χ0v) is 45.3. The van der Waals surface area contributed by atoms with E-state index in [1.807, 2.05) is 18.2 Å². The van der Waals surface area contributed by atoms with Crippen LogP contribution in [0.2, 0.25) is 0 Å². The molecule has 8 atom stereocenters. The summed E-state index contributed by atoms with van der Waals surface area (Å²) >= 11 is 0. The van der Waals surface area contributed by atoms with Crippen molar-refractivity contribution in [2.24, 2.45) is 0 Å². The second-order valence-corrected chi connectivity index (χ2v) is 19.3. The molecule has 1 aliphatic heterocycles. The third-order valence-corrected chi connectivity index (χ3v) is 12.8. The number of aliphatic hydroxyl groups excluding tert-OH is 5. The number of carbonyl (C=O) groups excluding carboxylic acids is 2. The Balaban J connectivity index is 2.80. The van der Waals surface area contributed by atoms with Gasteiger partial charge in [0.15, 0.2) is 12.4 Å². The van der Waals surface area contributed by atoms with Gasteiger partial charge >= 0.3 is 5.97 Å². The topological polar surface area (TPSA) is 175 Å². The number of allylic oxidation sites excluding steroid dienone is 15. The zero-order chi connectivity index (χ0) is 52.5. The Kier molecular flexibility index (Phi) is 44.9. The minimum Gasteiger partial charge on any atom is -0.454 e. The molecular weight excluding hydrogens is 907 g/mol. The van der Waals surface area contributed by atoms with Gasteiger partial charge < -0.3 is 45.1 Å². The number of carbonyl (C=O) groups is 2. The second-order valence-electron chi connectivity index (χ2n) is 19.3. The molecule has 1 fully saturated rings. The van der Waals surface area contributed by atoms with Gasteiger partial charge in [0, 0.05) is 6.42 Å². The van der Waals surface area contributed by atoms with E-state index in [1.165, 1.54) is 64.2 Å². The fraction of sp³-hybridized carbons (Fsp3) is 0.705. The van der Waals surface area contributed by atoms with Crippen LogP contribution >= 0.6 is 0 Å². The molecule has 1 rings (SSSR count). The predicted molar refractivity (Wildman–Crippen MR) is 296 cm³/mol. The van der Waals surface area contributed by atoms with Crippen molar-refractivity contribution in [1.82, 2.24) is 5.32 Å². The molecule has 0 spiro atoms. The summed E-state index contributed by atoms with van der Waals surface area (Å²) in [5, 5.41) is 56.7. The number of ether oxygens (including phenoxy) is 3. The highest BCUT2D eigenvalue weighted by molar-refractivity contribution is 5.80. The van der Waals surface area contributed by atoms with Gasteiger partial charge in [0.2, 0.25) is 5.91 Å². The molecule has 8 unspecified atom stereocenters. The van der Waals surface area contributed by atoms with Crippen LogP contribution in [-0.2, 0) is 23.8 Å². The first-order valence-electron chi connectivity index (χ1n) is 28.5. The Hall–Kier alpha value is -3.42. The van der Waals surface area contributed by atoms with Crippen molar-refractivity contribution in [2.75, 3.05) is 13.2 Å². The monoisotopic (exact) mass is 1010 g/mol. The van der Waals surface area contributed by atoms with Crippen LogP contribution in [0, 0.1) is 0 Å². The van der Waals surface area contributed by atoms with Crippen molar-refractivity contribution >= 4 is 11.9 Å². The summed E-state index contributed by atoms with van der Waals surface area (Å²) in [5.41, 5.74) is 0. The minimum atomic E-state index is -1.63. The summed E-state index contributed by atoms with van der Waals surface area (Å²) in [4.78, 5) is 26.4. The number of nitrogens with one attached hydrogen (secondary N) is 1. The van der Waals surface area contributed by atoms with E-state index in [4.69, 9.17) is 14.2 Å². The van der Waals surface area contributed by atoms with Crippen molar-refractivity contribution in [3.63, 3.8) is 0 Å². The van der Waals surface area contributed by atoms with Gasteiger partial charge in [-0.2, -0.15) is 0 Å².